The molecular formula is C36H68O6. The third-order valence-electron chi connectivity index (χ3n) is 9.39. The van der Waals surface area contributed by atoms with E-state index in [2.05, 4.69) is 69.2 Å². The minimum Gasteiger partial charge on any atom is -0.247 e. The van der Waals surface area contributed by atoms with Crippen LogP contribution >= 0.6 is 0 Å². The van der Waals surface area contributed by atoms with Gasteiger partial charge < -0.3 is 0 Å². The Balaban J connectivity index is 3.31. The van der Waals surface area contributed by atoms with E-state index in [1.54, 1.807) is 0 Å². The predicted octanol–water partition coefficient (Wildman–Crippen LogP) is 11.2. The van der Waals surface area contributed by atoms with E-state index >= 15 is 0 Å². The normalized spacial score (nSPS) is 15.5. The van der Waals surface area contributed by atoms with Gasteiger partial charge in [0.1, 0.15) is 0 Å². The van der Waals surface area contributed by atoms with Crippen LogP contribution in [0.1, 0.15) is 191 Å². The lowest BCUT2D eigenvalue weighted by Gasteiger charge is -2.50. The van der Waals surface area contributed by atoms with E-state index in [0.29, 0.717) is 6.42 Å². The molecule has 1 heterocycles. The number of rotatable bonds is 22. The molecule has 1 aliphatic heterocycles. The van der Waals surface area contributed by atoms with Gasteiger partial charge in [-0.15, -0.1) is 0 Å². The van der Waals surface area contributed by atoms with Crippen molar-refractivity contribution in [3.63, 3.8) is 0 Å². The molecule has 0 unspecified atom stereocenters. The highest BCUT2D eigenvalue weighted by Crippen LogP contribution is 2.57. The lowest BCUT2D eigenvalue weighted by atomic mass is 9.53. The third-order valence-corrected chi connectivity index (χ3v) is 9.39. The molecule has 0 bridgehead atoms. The van der Waals surface area contributed by atoms with Gasteiger partial charge >= 0.3 is 17.7 Å². The second-order valence-electron chi connectivity index (χ2n) is 15.6. The van der Waals surface area contributed by atoms with Crippen LogP contribution in [0, 0.1) is 21.7 Å². The fourth-order valence-corrected chi connectivity index (χ4v) is 6.65. The lowest BCUT2D eigenvalue weighted by molar-refractivity contribution is -0.277. The zero-order valence-corrected chi connectivity index (χ0v) is 29.4. The Labute approximate surface area is 259 Å². The Hall–Kier alpha value is -1.14. The Morgan fingerprint density at radius 3 is 1.40 bits per heavy atom. The smallest absolute Gasteiger partial charge is 0.247 e. The molecule has 1 aliphatic rings. The molecule has 0 amide bonds. The van der Waals surface area contributed by atoms with E-state index in [-0.39, 0.29) is 22.2 Å². The topological polar surface area (TPSA) is 77.7 Å². The molecule has 0 aromatic heterocycles. The first-order valence-corrected chi connectivity index (χ1v) is 17.5. The van der Waals surface area contributed by atoms with Crippen molar-refractivity contribution >= 4 is 11.9 Å². The van der Waals surface area contributed by atoms with Crippen LogP contribution in [0.5, 0.6) is 0 Å². The van der Waals surface area contributed by atoms with Gasteiger partial charge in [0, 0.05) is 6.42 Å². The van der Waals surface area contributed by atoms with Crippen molar-refractivity contribution < 1.29 is 29.1 Å². The molecular weight excluding hydrogens is 528 g/mol. The molecule has 0 N–H and O–H groups in total. The van der Waals surface area contributed by atoms with Crippen LogP contribution in [-0.2, 0) is 29.1 Å². The van der Waals surface area contributed by atoms with Crippen LogP contribution in [0.2, 0.25) is 0 Å². The highest BCUT2D eigenvalue weighted by atomic mass is 17.4. The van der Waals surface area contributed by atoms with Gasteiger partial charge in [0.2, 0.25) is 0 Å². The Morgan fingerprint density at radius 2 is 0.976 bits per heavy atom. The standard InChI is InChI=1S/C36H68O6/c1-11-15-24-34(25-16-12-2,26-21-23-33(8,9)10)35(27-17-13-3,28-18-14-4)30(37)39-40-31(38)36(41-42-36)29-20-19-22-32(5,6)7/h11-29H2,1-10H3. The largest absolute Gasteiger partial charge is 0.420 e. The minimum atomic E-state index is -1.44. The SMILES string of the molecule is CCCCC(CCCC)(CCCC(C)(C)C)C(CCCC)(CCCC)C(=O)OOC(=O)C1(CCCCC(C)(C)C)OO1. The van der Waals surface area contributed by atoms with Gasteiger partial charge in [0.15, 0.2) is 0 Å². The predicted molar refractivity (Wildman–Crippen MR) is 171 cm³/mol. The average Bonchev–Trinajstić information content (AvgIpc) is 3.71. The van der Waals surface area contributed by atoms with Crippen LogP contribution in [0.15, 0.2) is 0 Å². The first kappa shape index (κ1) is 38.9. The fourth-order valence-electron chi connectivity index (χ4n) is 6.65. The summed E-state index contributed by atoms with van der Waals surface area (Å²) in [5.74, 6) is -2.57. The van der Waals surface area contributed by atoms with Crippen LogP contribution in [0.25, 0.3) is 0 Å². The maximum Gasteiger partial charge on any atom is 0.420 e. The summed E-state index contributed by atoms with van der Waals surface area (Å²) in [5, 5.41) is 0. The molecule has 0 radical (unpaired) electrons. The molecule has 6 heteroatoms. The van der Waals surface area contributed by atoms with Gasteiger partial charge in [0.25, 0.3) is 0 Å². The van der Waals surface area contributed by atoms with Crippen LogP contribution in [-0.4, -0.2) is 17.7 Å². The van der Waals surface area contributed by atoms with Crippen molar-refractivity contribution in [2.45, 2.75) is 197 Å². The number of hydrogen-bond donors (Lipinski definition) is 0. The van der Waals surface area contributed by atoms with Crippen molar-refractivity contribution in [2.24, 2.45) is 21.7 Å². The van der Waals surface area contributed by atoms with Gasteiger partial charge in [-0.2, -0.15) is 9.78 Å². The Morgan fingerprint density at radius 1 is 0.548 bits per heavy atom. The highest BCUT2D eigenvalue weighted by Gasteiger charge is 2.60. The monoisotopic (exact) mass is 597 g/mol. The van der Waals surface area contributed by atoms with Crippen molar-refractivity contribution in [1.29, 1.82) is 0 Å². The van der Waals surface area contributed by atoms with Crippen LogP contribution in [0.3, 0.4) is 0 Å². The zero-order chi connectivity index (χ0) is 31.9. The van der Waals surface area contributed by atoms with Crippen molar-refractivity contribution in [2.75, 3.05) is 0 Å². The number of hydrogen-bond acceptors (Lipinski definition) is 6. The summed E-state index contributed by atoms with van der Waals surface area (Å²) >= 11 is 0. The molecule has 0 atom stereocenters. The average molecular weight is 597 g/mol. The van der Waals surface area contributed by atoms with Gasteiger partial charge in [-0.25, -0.2) is 19.4 Å². The van der Waals surface area contributed by atoms with E-state index in [0.717, 1.165) is 116 Å². The summed E-state index contributed by atoms with van der Waals surface area (Å²) in [5.41, 5.74) is -0.441. The number of unbranched alkanes of at least 4 members (excludes halogenated alkanes) is 5. The quantitative estimate of drug-likeness (QED) is 0.0535. The maximum absolute atomic E-state index is 14.5. The van der Waals surface area contributed by atoms with Crippen LogP contribution < -0.4 is 0 Å². The highest BCUT2D eigenvalue weighted by molar-refractivity contribution is 5.82. The molecule has 42 heavy (non-hydrogen) atoms. The maximum atomic E-state index is 14.5. The molecule has 1 rings (SSSR count). The second-order valence-corrected chi connectivity index (χ2v) is 15.6. The summed E-state index contributed by atoms with van der Waals surface area (Å²) in [4.78, 5) is 48.8. The van der Waals surface area contributed by atoms with Gasteiger partial charge in [-0.3, -0.25) is 0 Å². The van der Waals surface area contributed by atoms with Crippen molar-refractivity contribution in [1.82, 2.24) is 0 Å². The minimum absolute atomic E-state index is 0.199. The van der Waals surface area contributed by atoms with Crippen molar-refractivity contribution in [3.8, 4) is 0 Å². The van der Waals surface area contributed by atoms with Gasteiger partial charge in [-0.1, -0.05) is 133 Å². The fraction of sp³-hybridized carbons (Fsp3) is 0.944. The summed E-state index contributed by atoms with van der Waals surface area (Å²) in [6, 6.07) is 0. The van der Waals surface area contributed by atoms with E-state index in [4.69, 9.17) is 19.6 Å². The molecule has 6 nitrogen and oxygen atoms in total. The van der Waals surface area contributed by atoms with Gasteiger partial charge in [-0.05, 0) is 67.6 Å². The van der Waals surface area contributed by atoms with Crippen LogP contribution in [0.4, 0.5) is 0 Å². The van der Waals surface area contributed by atoms with Gasteiger partial charge in [0.05, 0.1) is 5.41 Å². The molecule has 1 fully saturated rings. The number of carbonyl (C=O) groups excluding carboxylic acids is 2. The van der Waals surface area contributed by atoms with E-state index in [9.17, 15) is 9.59 Å². The summed E-state index contributed by atoms with van der Waals surface area (Å²) in [6.07, 6.45) is 18.0. The molecule has 0 spiro atoms. The number of carbonyl (C=O) groups is 2. The molecule has 0 aromatic rings. The molecule has 1 saturated heterocycles. The summed E-state index contributed by atoms with van der Waals surface area (Å²) in [7, 11) is 0. The van der Waals surface area contributed by atoms with E-state index < -0.39 is 17.2 Å². The molecule has 0 aliphatic carbocycles. The Bertz CT molecular complexity index is 755. The molecule has 248 valence electrons. The van der Waals surface area contributed by atoms with Crippen molar-refractivity contribution in [3.05, 3.63) is 0 Å². The third kappa shape index (κ3) is 12.5. The molecule has 0 saturated carbocycles. The summed E-state index contributed by atoms with van der Waals surface area (Å²) < 4.78 is 0. The first-order chi connectivity index (χ1) is 19.7. The van der Waals surface area contributed by atoms with E-state index in [1.807, 2.05) is 0 Å². The van der Waals surface area contributed by atoms with E-state index in [1.165, 1.54) is 0 Å². The second kappa shape index (κ2) is 18.0. The first-order valence-electron chi connectivity index (χ1n) is 17.5. The zero-order valence-electron chi connectivity index (χ0n) is 29.4. The summed E-state index contributed by atoms with van der Waals surface area (Å²) in [6.45, 7) is 22.3. The molecule has 0 aromatic carbocycles. The Kier molecular flexibility index (Phi) is 16.6. The lowest BCUT2D eigenvalue weighted by Crippen LogP contribution is -2.50.